The van der Waals surface area contributed by atoms with Crippen molar-refractivity contribution in [2.45, 2.75) is 37.8 Å². The summed E-state index contributed by atoms with van der Waals surface area (Å²) >= 11 is 0. The highest BCUT2D eigenvalue weighted by molar-refractivity contribution is 5.58. The highest BCUT2D eigenvalue weighted by Crippen LogP contribution is 2.38. The van der Waals surface area contributed by atoms with E-state index in [1.807, 2.05) is 12.1 Å². The number of nitrogens with one attached hydrogen (secondary N) is 1. The van der Waals surface area contributed by atoms with E-state index in [1.165, 1.54) is 37.8 Å². The number of pyridine rings is 1. The smallest absolute Gasteiger partial charge is 0.252 e. The first-order chi connectivity index (χ1) is 12.6. The molecule has 0 unspecified atom stereocenters. The minimum Gasteiger partial charge on any atom is -0.322 e. The van der Waals surface area contributed by atoms with Gasteiger partial charge in [0.05, 0.1) is 0 Å². The molecule has 1 saturated heterocycles. The lowest BCUT2D eigenvalue weighted by Gasteiger charge is -2.48. The van der Waals surface area contributed by atoms with Gasteiger partial charge in [-0.05, 0) is 55.8 Å². The predicted octanol–water partition coefficient (Wildman–Crippen LogP) is 3.24. The summed E-state index contributed by atoms with van der Waals surface area (Å²) in [4.78, 5) is 20.6. The zero-order valence-corrected chi connectivity index (χ0v) is 15.3. The van der Waals surface area contributed by atoms with Crippen LogP contribution in [0.3, 0.4) is 0 Å². The average molecular weight is 355 g/mol. The van der Waals surface area contributed by atoms with Gasteiger partial charge in [-0.15, -0.1) is 0 Å². The largest absolute Gasteiger partial charge is 0.322 e. The number of H-pyrrole nitrogens is 1. The van der Waals surface area contributed by atoms with Crippen molar-refractivity contribution in [2.75, 3.05) is 26.7 Å². The monoisotopic (exact) mass is 355 g/mol. The molecule has 4 nitrogen and oxygen atoms in total. The van der Waals surface area contributed by atoms with Gasteiger partial charge in [0.1, 0.15) is 5.82 Å². The lowest BCUT2D eigenvalue weighted by molar-refractivity contribution is 0.00438. The van der Waals surface area contributed by atoms with Crippen LogP contribution in [0.1, 0.15) is 31.2 Å². The summed E-state index contributed by atoms with van der Waals surface area (Å²) in [7, 11) is 2.20. The van der Waals surface area contributed by atoms with E-state index in [0.29, 0.717) is 6.54 Å². The Kier molecular flexibility index (Phi) is 4.67. The predicted molar refractivity (Wildman–Crippen MR) is 102 cm³/mol. The summed E-state index contributed by atoms with van der Waals surface area (Å²) < 4.78 is 13.1. The molecule has 1 aromatic carbocycles. The third-order valence-electron chi connectivity index (χ3n) is 6.03. The molecule has 0 amide bonds. The van der Waals surface area contributed by atoms with Gasteiger partial charge >= 0.3 is 0 Å². The van der Waals surface area contributed by atoms with Gasteiger partial charge in [0.15, 0.2) is 0 Å². The van der Waals surface area contributed by atoms with Crippen molar-refractivity contribution in [3.05, 3.63) is 58.1 Å². The Morgan fingerprint density at radius 1 is 1.08 bits per heavy atom. The molecule has 1 saturated carbocycles. The van der Waals surface area contributed by atoms with Gasteiger partial charge in [-0.2, -0.15) is 0 Å². The molecule has 1 aliphatic carbocycles. The summed E-state index contributed by atoms with van der Waals surface area (Å²) in [5, 5.41) is 0. The van der Waals surface area contributed by atoms with Crippen molar-refractivity contribution in [1.82, 2.24) is 14.8 Å². The van der Waals surface area contributed by atoms with Crippen LogP contribution in [-0.2, 0) is 6.54 Å². The second-order valence-electron chi connectivity index (χ2n) is 7.82. The van der Waals surface area contributed by atoms with Gasteiger partial charge in [-0.25, -0.2) is 4.39 Å². The first kappa shape index (κ1) is 17.4. The van der Waals surface area contributed by atoms with E-state index in [1.54, 1.807) is 12.1 Å². The molecule has 2 aromatic rings. The molecule has 1 spiro atoms. The molecule has 1 aliphatic heterocycles. The quantitative estimate of drug-likeness (QED) is 0.919. The maximum atomic E-state index is 13.1. The Morgan fingerprint density at radius 2 is 1.81 bits per heavy atom. The van der Waals surface area contributed by atoms with Crippen LogP contribution in [0.4, 0.5) is 4.39 Å². The number of nitrogens with zero attached hydrogens (tertiary/aromatic N) is 2. The zero-order chi connectivity index (χ0) is 18.1. The van der Waals surface area contributed by atoms with Crippen LogP contribution in [-0.4, -0.2) is 47.0 Å². The summed E-state index contributed by atoms with van der Waals surface area (Å²) in [5.41, 5.74) is 2.55. The van der Waals surface area contributed by atoms with E-state index in [0.717, 1.165) is 36.5 Å². The third-order valence-corrected chi connectivity index (χ3v) is 6.03. The minimum absolute atomic E-state index is 0.0427. The molecule has 4 rings (SSSR count). The molecule has 0 atom stereocenters. The van der Waals surface area contributed by atoms with Crippen molar-refractivity contribution in [3.63, 3.8) is 0 Å². The van der Waals surface area contributed by atoms with E-state index in [4.69, 9.17) is 0 Å². The number of benzene rings is 1. The first-order valence-corrected chi connectivity index (χ1v) is 9.48. The average Bonchev–Trinajstić information content (AvgIpc) is 3.08. The Morgan fingerprint density at radius 3 is 2.50 bits per heavy atom. The highest BCUT2D eigenvalue weighted by atomic mass is 19.1. The summed E-state index contributed by atoms with van der Waals surface area (Å²) in [6.45, 7) is 3.86. The van der Waals surface area contributed by atoms with Crippen LogP contribution < -0.4 is 5.56 Å². The van der Waals surface area contributed by atoms with Crippen LogP contribution in [0, 0.1) is 5.82 Å². The molecule has 26 heavy (non-hydrogen) atoms. The molecule has 0 radical (unpaired) electrons. The van der Waals surface area contributed by atoms with Gasteiger partial charge in [-0.3, -0.25) is 9.69 Å². The first-order valence-electron chi connectivity index (χ1n) is 9.48. The van der Waals surface area contributed by atoms with Gasteiger partial charge < -0.3 is 9.88 Å². The summed E-state index contributed by atoms with van der Waals surface area (Å²) in [5.74, 6) is -0.273. The Bertz CT molecular complexity index is 824. The SMILES string of the molecule is CN1CCN(Cc2ccc(-c3ccc(F)cc3)[nH]c2=O)C2(CCCC2)C1. The molecular weight excluding hydrogens is 329 g/mol. The fourth-order valence-electron chi connectivity index (χ4n) is 4.60. The van der Waals surface area contributed by atoms with Crippen molar-refractivity contribution in [1.29, 1.82) is 0 Å². The van der Waals surface area contributed by atoms with Crippen LogP contribution >= 0.6 is 0 Å². The normalized spacial score (nSPS) is 20.7. The molecule has 138 valence electrons. The molecule has 1 N–H and O–H groups in total. The fraction of sp³-hybridized carbons (Fsp3) is 0.476. The van der Waals surface area contributed by atoms with E-state index >= 15 is 0 Å². The van der Waals surface area contributed by atoms with Crippen LogP contribution in [0.5, 0.6) is 0 Å². The number of hydrogen-bond acceptors (Lipinski definition) is 3. The lowest BCUT2D eigenvalue weighted by Crippen LogP contribution is -2.59. The number of likely N-dealkylation sites (N-methyl/N-ethyl adjacent to an activating group) is 1. The number of rotatable bonds is 3. The molecule has 1 aromatic heterocycles. The number of aromatic amines is 1. The standard InChI is InChI=1S/C21H26FN3O/c1-24-12-13-25(21(15-24)10-2-3-11-21)14-17-6-9-19(23-20(17)26)16-4-7-18(22)8-5-16/h4-9H,2-3,10-15H2,1H3,(H,23,26). The molecule has 2 heterocycles. The number of hydrogen-bond donors (Lipinski definition) is 1. The fourth-order valence-corrected chi connectivity index (χ4v) is 4.60. The number of aromatic nitrogens is 1. The van der Waals surface area contributed by atoms with E-state index in [2.05, 4.69) is 21.8 Å². The minimum atomic E-state index is -0.273. The molecule has 5 heteroatoms. The topological polar surface area (TPSA) is 39.3 Å². The van der Waals surface area contributed by atoms with Crippen molar-refractivity contribution in [2.24, 2.45) is 0 Å². The molecule has 2 aliphatic rings. The maximum absolute atomic E-state index is 13.1. The van der Waals surface area contributed by atoms with Crippen LogP contribution in [0.2, 0.25) is 0 Å². The van der Waals surface area contributed by atoms with E-state index in [9.17, 15) is 9.18 Å². The Hall–Kier alpha value is -1.98. The number of halogens is 1. The van der Waals surface area contributed by atoms with Crippen LogP contribution in [0.25, 0.3) is 11.3 Å². The van der Waals surface area contributed by atoms with Gasteiger partial charge in [0.25, 0.3) is 5.56 Å². The van der Waals surface area contributed by atoms with E-state index < -0.39 is 0 Å². The lowest BCUT2D eigenvalue weighted by atomic mass is 9.91. The van der Waals surface area contributed by atoms with Crippen LogP contribution in [0.15, 0.2) is 41.2 Å². The third kappa shape index (κ3) is 3.33. The van der Waals surface area contributed by atoms with Gasteiger partial charge in [-0.1, -0.05) is 18.9 Å². The van der Waals surface area contributed by atoms with E-state index in [-0.39, 0.29) is 16.9 Å². The Labute approximate surface area is 153 Å². The second kappa shape index (κ2) is 6.97. The second-order valence-corrected chi connectivity index (χ2v) is 7.82. The zero-order valence-electron chi connectivity index (χ0n) is 15.3. The van der Waals surface area contributed by atoms with Gasteiger partial charge in [0.2, 0.25) is 0 Å². The van der Waals surface area contributed by atoms with Gasteiger partial charge in [0, 0.05) is 43.0 Å². The Balaban J connectivity index is 1.56. The van der Waals surface area contributed by atoms with Crippen molar-refractivity contribution >= 4 is 0 Å². The molecule has 0 bridgehead atoms. The summed E-state index contributed by atoms with van der Waals surface area (Å²) in [6, 6.07) is 10.1. The maximum Gasteiger partial charge on any atom is 0.252 e. The van der Waals surface area contributed by atoms with Crippen molar-refractivity contribution < 1.29 is 4.39 Å². The molecule has 2 fully saturated rings. The number of piperazine rings is 1. The van der Waals surface area contributed by atoms with Crippen molar-refractivity contribution in [3.8, 4) is 11.3 Å². The molecular formula is C21H26FN3O. The highest BCUT2D eigenvalue weighted by Gasteiger charge is 2.42. The summed E-state index contributed by atoms with van der Waals surface area (Å²) in [6.07, 6.45) is 5.01.